The number of hydrogen-bond acceptors (Lipinski definition) is 8. The summed E-state index contributed by atoms with van der Waals surface area (Å²) in [4.78, 5) is 49.1. The molecule has 3 heterocycles. The molecular formula is C18H22N5O6P. The van der Waals surface area contributed by atoms with Crippen LogP contribution < -0.4 is 15.2 Å². The van der Waals surface area contributed by atoms with Crippen LogP contribution in [-0.2, 0) is 4.57 Å². The van der Waals surface area contributed by atoms with Gasteiger partial charge in [-0.05, 0) is 31.2 Å². The number of hydrogen-bond donors (Lipinski definition) is 2. The van der Waals surface area contributed by atoms with Gasteiger partial charge in [-0.15, -0.1) is 0 Å². The van der Waals surface area contributed by atoms with Crippen LogP contribution in [0.25, 0.3) is 10.8 Å². The van der Waals surface area contributed by atoms with Crippen molar-refractivity contribution in [1.82, 2.24) is 14.8 Å². The summed E-state index contributed by atoms with van der Waals surface area (Å²) in [7, 11) is -2.61. The van der Waals surface area contributed by atoms with E-state index in [4.69, 9.17) is 19.8 Å². The lowest BCUT2D eigenvalue weighted by Crippen LogP contribution is -2.35. The molecule has 0 amide bonds. The molecule has 11 nitrogen and oxygen atoms in total. The Kier molecular flexibility index (Phi) is 6.51. The second-order valence-corrected chi connectivity index (χ2v) is 8.93. The van der Waals surface area contributed by atoms with Crippen LogP contribution in [0.4, 0.5) is 5.82 Å². The van der Waals surface area contributed by atoms with Gasteiger partial charge in [0.25, 0.3) is 11.5 Å². The molecule has 12 heteroatoms. The molecule has 0 aromatic carbocycles. The summed E-state index contributed by atoms with van der Waals surface area (Å²) in [5.41, 5.74) is -0.695. The van der Waals surface area contributed by atoms with E-state index in [1.165, 1.54) is 13.3 Å². The summed E-state index contributed by atoms with van der Waals surface area (Å²) in [6.45, 7) is 1.30. The topological polar surface area (TPSA) is 159 Å². The molecule has 0 radical (unpaired) electrons. The highest BCUT2D eigenvalue weighted by Gasteiger charge is 2.25. The second-order valence-electron chi connectivity index (χ2n) is 7.15. The molecule has 0 unspecified atom stereocenters. The predicted molar refractivity (Wildman–Crippen MR) is 108 cm³/mol. The number of aromatic nitrogens is 3. The van der Waals surface area contributed by atoms with Gasteiger partial charge in [-0.3, -0.25) is 14.2 Å². The molecule has 1 aliphatic heterocycles. The maximum Gasteiger partial charge on any atom is 0.325 e. The largest absolute Gasteiger partial charge is 0.480 e. The zero-order valence-corrected chi connectivity index (χ0v) is 17.3. The van der Waals surface area contributed by atoms with E-state index in [-0.39, 0.29) is 23.3 Å². The number of fused-ring (bicyclic) bond motifs is 1. The minimum Gasteiger partial charge on any atom is -0.480 e. The lowest BCUT2D eigenvalue weighted by Gasteiger charge is -2.33. The molecule has 0 spiro atoms. The molecular weight excluding hydrogens is 413 g/mol. The molecule has 0 atom stereocenters. The van der Waals surface area contributed by atoms with Gasteiger partial charge in [0.2, 0.25) is 5.88 Å². The first-order valence-electron chi connectivity index (χ1n) is 9.40. The monoisotopic (exact) mass is 435 g/mol. The summed E-state index contributed by atoms with van der Waals surface area (Å²) in [5, 5.41) is 13.1. The van der Waals surface area contributed by atoms with Crippen molar-refractivity contribution in [3.63, 3.8) is 0 Å². The Bertz CT molecular complexity index is 1100. The lowest BCUT2D eigenvalue weighted by molar-refractivity contribution is 0.0898. The highest BCUT2D eigenvalue weighted by atomic mass is 31.2. The van der Waals surface area contributed by atoms with Crippen LogP contribution in [0.2, 0.25) is 0 Å². The van der Waals surface area contributed by atoms with Crippen molar-refractivity contribution in [2.75, 3.05) is 31.3 Å². The first-order valence-corrected chi connectivity index (χ1v) is 11.2. The minimum atomic E-state index is -3.99. The number of anilines is 1. The van der Waals surface area contributed by atoms with Gasteiger partial charge in [-0.25, -0.2) is 0 Å². The van der Waals surface area contributed by atoms with E-state index < -0.39 is 25.5 Å². The van der Waals surface area contributed by atoms with Crippen molar-refractivity contribution >= 4 is 30.1 Å². The maximum absolute atomic E-state index is 12.7. The fourth-order valence-corrected chi connectivity index (χ4v) is 4.25. The SMILES string of the molecule is COc1nc(N2CCC(CCP(=O)(O)O)CC2)cc2cnn(C(=O)CC#N)c(=O)c12. The first-order chi connectivity index (χ1) is 14.2. The average molecular weight is 435 g/mol. The zero-order valence-electron chi connectivity index (χ0n) is 16.4. The van der Waals surface area contributed by atoms with Crippen LogP contribution >= 0.6 is 7.60 Å². The van der Waals surface area contributed by atoms with Crippen molar-refractivity contribution in [3.05, 3.63) is 22.6 Å². The minimum absolute atomic E-state index is 0.0667. The van der Waals surface area contributed by atoms with E-state index in [2.05, 4.69) is 10.1 Å². The van der Waals surface area contributed by atoms with E-state index >= 15 is 0 Å². The van der Waals surface area contributed by atoms with Crippen LogP contribution in [0.15, 0.2) is 17.1 Å². The third-order valence-corrected chi connectivity index (χ3v) is 5.99. The Morgan fingerprint density at radius 2 is 2.10 bits per heavy atom. The number of pyridine rings is 1. The quantitative estimate of drug-likeness (QED) is 0.630. The Hall–Kier alpha value is -2.80. The van der Waals surface area contributed by atoms with Crippen molar-refractivity contribution in [1.29, 1.82) is 5.26 Å². The number of carbonyl (C=O) groups is 1. The molecule has 2 aromatic heterocycles. The molecule has 1 aliphatic rings. The number of carbonyl (C=O) groups excluding carboxylic acids is 1. The fraction of sp³-hybridized carbons (Fsp3) is 0.500. The average Bonchev–Trinajstić information content (AvgIpc) is 2.71. The molecule has 3 rings (SSSR count). The number of nitriles is 1. The highest BCUT2D eigenvalue weighted by molar-refractivity contribution is 7.51. The molecule has 0 saturated carbocycles. The first kappa shape index (κ1) is 21.9. The van der Waals surface area contributed by atoms with Gasteiger partial charge in [0.15, 0.2) is 0 Å². The standard InChI is InChI=1S/C18H22N5O6P/c1-29-17-16-13(11-20-23(18(16)25)15(24)2-6-19)10-14(21-17)22-7-3-12(4-8-22)5-9-30(26,27)28/h10-12H,2-5,7-9H2,1H3,(H2,26,27,28). The molecule has 0 bridgehead atoms. The molecule has 2 N–H and O–H groups in total. The Balaban J connectivity index is 1.84. The summed E-state index contributed by atoms with van der Waals surface area (Å²) in [5.74, 6) is 0.163. The molecule has 1 saturated heterocycles. The summed E-state index contributed by atoms with van der Waals surface area (Å²) < 4.78 is 17.0. The normalized spacial score (nSPS) is 15.2. The van der Waals surface area contributed by atoms with Crippen LogP contribution in [0.1, 0.15) is 30.5 Å². The predicted octanol–water partition coefficient (Wildman–Crippen LogP) is 1.14. The van der Waals surface area contributed by atoms with Gasteiger partial charge in [-0.2, -0.15) is 20.0 Å². The molecule has 2 aromatic rings. The van der Waals surface area contributed by atoms with Crippen LogP contribution in [0.5, 0.6) is 5.88 Å². The number of methoxy groups -OCH3 is 1. The van der Waals surface area contributed by atoms with Gasteiger partial charge < -0.3 is 19.4 Å². The van der Waals surface area contributed by atoms with E-state index in [0.29, 0.717) is 35.4 Å². The van der Waals surface area contributed by atoms with Crippen molar-refractivity contribution in [3.8, 4) is 11.9 Å². The number of piperidine rings is 1. The van der Waals surface area contributed by atoms with Crippen molar-refractivity contribution in [2.45, 2.75) is 25.7 Å². The van der Waals surface area contributed by atoms with Gasteiger partial charge in [0.05, 0.1) is 25.5 Å². The van der Waals surface area contributed by atoms with E-state index in [1.807, 2.05) is 4.90 Å². The third kappa shape index (κ3) is 4.84. The van der Waals surface area contributed by atoms with Crippen LogP contribution in [0.3, 0.4) is 0 Å². The van der Waals surface area contributed by atoms with E-state index in [9.17, 15) is 14.2 Å². The molecule has 0 aliphatic carbocycles. The second kappa shape index (κ2) is 8.92. The lowest BCUT2D eigenvalue weighted by atomic mass is 9.94. The Labute approximate surface area is 172 Å². The van der Waals surface area contributed by atoms with Crippen LogP contribution in [0, 0.1) is 17.2 Å². The number of ether oxygens (including phenoxy) is 1. The summed E-state index contributed by atoms with van der Waals surface area (Å²) in [6, 6.07) is 3.39. The van der Waals surface area contributed by atoms with Gasteiger partial charge in [0, 0.05) is 18.5 Å². The molecule has 1 fully saturated rings. The maximum atomic E-state index is 12.7. The molecule has 160 valence electrons. The fourth-order valence-electron chi connectivity index (χ4n) is 3.55. The smallest absolute Gasteiger partial charge is 0.325 e. The van der Waals surface area contributed by atoms with Gasteiger partial charge in [0.1, 0.15) is 17.6 Å². The van der Waals surface area contributed by atoms with Crippen molar-refractivity contribution < 1.29 is 23.9 Å². The summed E-state index contributed by atoms with van der Waals surface area (Å²) in [6.07, 6.45) is 2.81. The Morgan fingerprint density at radius 3 is 2.70 bits per heavy atom. The van der Waals surface area contributed by atoms with Gasteiger partial charge in [-0.1, -0.05) is 0 Å². The van der Waals surface area contributed by atoms with Gasteiger partial charge >= 0.3 is 7.60 Å². The van der Waals surface area contributed by atoms with E-state index in [0.717, 1.165) is 12.8 Å². The summed E-state index contributed by atoms with van der Waals surface area (Å²) >= 11 is 0. The Morgan fingerprint density at radius 1 is 1.40 bits per heavy atom. The number of nitrogens with zero attached hydrogens (tertiary/aromatic N) is 5. The zero-order chi connectivity index (χ0) is 21.9. The molecule has 30 heavy (non-hydrogen) atoms. The number of rotatable bonds is 6. The van der Waals surface area contributed by atoms with Crippen LogP contribution in [-0.4, -0.2) is 56.8 Å². The highest BCUT2D eigenvalue weighted by Crippen LogP contribution is 2.38. The van der Waals surface area contributed by atoms with E-state index in [1.54, 1.807) is 12.1 Å². The third-order valence-electron chi connectivity index (χ3n) is 5.15. The van der Waals surface area contributed by atoms with Crippen molar-refractivity contribution in [2.24, 2.45) is 5.92 Å².